The molecule has 0 aromatic rings. The van der Waals surface area contributed by atoms with Crippen LogP contribution in [0, 0.1) is 0 Å². The minimum atomic E-state index is -0.178. The van der Waals surface area contributed by atoms with Crippen LogP contribution in [0.1, 0.15) is 25.7 Å². The number of rotatable bonds is 2. The van der Waals surface area contributed by atoms with Crippen LogP contribution in [0.3, 0.4) is 0 Å². The third-order valence-corrected chi connectivity index (χ3v) is 3.65. The first-order chi connectivity index (χ1) is 7.24. The van der Waals surface area contributed by atoms with E-state index in [0.29, 0.717) is 6.61 Å². The highest BCUT2D eigenvalue weighted by Gasteiger charge is 2.39. The van der Waals surface area contributed by atoms with Crippen molar-refractivity contribution in [1.29, 1.82) is 0 Å². The van der Waals surface area contributed by atoms with Gasteiger partial charge in [0.1, 0.15) is 0 Å². The summed E-state index contributed by atoms with van der Waals surface area (Å²) in [6, 6.07) is 0. The van der Waals surface area contributed by atoms with Crippen LogP contribution < -0.4 is 0 Å². The van der Waals surface area contributed by atoms with Crippen LogP contribution in [-0.4, -0.2) is 59.7 Å². The van der Waals surface area contributed by atoms with Crippen molar-refractivity contribution < 1.29 is 14.9 Å². The summed E-state index contributed by atoms with van der Waals surface area (Å²) in [7, 11) is 0. The Morgan fingerprint density at radius 2 is 2.07 bits per heavy atom. The van der Waals surface area contributed by atoms with Gasteiger partial charge < -0.3 is 19.8 Å². The summed E-state index contributed by atoms with van der Waals surface area (Å²) in [4.78, 5) is 2.26. The van der Waals surface area contributed by atoms with Crippen molar-refractivity contribution in [2.45, 2.75) is 37.4 Å². The number of aliphatic hydroxyl groups excluding tert-OH is 2. The predicted octanol–water partition coefficient (Wildman–Crippen LogP) is -0.0154. The molecule has 2 N–H and O–H groups in total. The molecule has 0 saturated carbocycles. The summed E-state index contributed by atoms with van der Waals surface area (Å²) in [5.74, 6) is 0. The molecule has 1 atom stereocenters. The third kappa shape index (κ3) is 2.69. The number of hydrogen-bond acceptors (Lipinski definition) is 4. The lowest BCUT2D eigenvalue weighted by Gasteiger charge is -2.45. The van der Waals surface area contributed by atoms with Crippen molar-refractivity contribution in [1.82, 2.24) is 4.90 Å². The smallest absolute Gasteiger partial charge is 0.0731 e. The van der Waals surface area contributed by atoms with E-state index in [1.165, 1.54) is 0 Å². The Bertz CT molecular complexity index is 202. The second-order valence-corrected chi connectivity index (χ2v) is 4.74. The molecule has 2 aliphatic heterocycles. The van der Waals surface area contributed by atoms with E-state index in [1.807, 2.05) is 0 Å². The number of ether oxygens (including phenoxy) is 1. The number of β-amino-alcohol motifs (C(OH)–C–C–N with tert-alkyl or cyclic N) is 1. The monoisotopic (exact) mass is 215 g/mol. The van der Waals surface area contributed by atoms with Crippen molar-refractivity contribution in [3.8, 4) is 0 Å². The minimum Gasteiger partial charge on any atom is -0.395 e. The molecule has 2 heterocycles. The van der Waals surface area contributed by atoms with E-state index < -0.39 is 0 Å². The quantitative estimate of drug-likeness (QED) is 0.680. The van der Waals surface area contributed by atoms with Crippen molar-refractivity contribution in [3.05, 3.63) is 0 Å². The molecule has 0 aromatic carbocycles. The second-order valence-electron chi connectivity index (χ2n) is 4.74. The van der Waals surface area contributed by atoms with Gasteiger partial charge in [-0.2, -0.15) is 0 Å². The van der Waals surface area contributed by atoms with E-state index in [4.69, 9.17) is 9.84 Å². The van der Waals surface area contributed by atoms with Crippen molar-refractivity contribution in [2.75, 3.05) is 32.8 Å². The van der Waals surface area contributed by atoms with E-state index in [-0.39, 0.29) is 18.3 Å². The molecule has 15 heavy (non-hydrogen) atoms. The lowest BCUT2D eigenvalue weighted by atomic mass is 9.83. The first kappa shape index (κ1) is 11.3. The van der Waals surface area contributed by atoms with Crippen LogP contribution in [0.15, 0.2) is 0 Å². The minimum absolute atomic E-state index is 0.0659. The molecule has 88 valence electrons. The van der Waals surface area contributed by atoms with Crippen LogP contribution in [0.2, 0.25) is 0 Å². The maximum absolute atomic E-state index is 9.66. The first-order valence-electron chi connectivity index (χ1n) is 5.89. The molecule has 0 radical (unpaired) electrons. The normalized spacial score (nSPS) is 32.0. The van der Waals surface area contributed by atoms with E-state index in [9.17, 15) is 5.11 Å². The highest BCUT2D eigenvalue weighted by atomic mass is 16.5. The molecule has 2 fully saturated rings. The standard InChI is InChI=1S/C11H21NO3/c13-7-6-12-4-2-11(3-5-12)9-10(14)1-8-15-11/h10,13-14H,1-9H2/t10-/m0/s1. The summed E-state index contributed by atoms with van der Waals surface area (Å²) in [5, 5.41) is 18.5. The average molecular weight is 215 g/mol. The van der Waals surface area contributed by atoms with E-state index >= 15 is 0 Å². The van der Waals surface area contributed by atoms with Crippen molar-refractivity contribution in [2.24, 2.45) is 0 Å². The van der Waals surface area contributed by atoms with Crippen LogP contribution >= 0.6 is 0 Å². The molecule has 0 bridgehead atoms. The van der Waals surface area contributed by atoms with Gasteiger partial charge in [-0.1, -0.05) is 0 Å². The molecular formula is C11H21NO3. The third-order valence-electron chi connectivity index (χ3n) is 3.65. The number of piperidine rings is 1. The Morgan fingerprint density at radius 1 is 1.33 bits per heavy atom. The summed E-state index contributed by atoms with van der Waals surface area (Å²) in [6.45, 7) is 3.65. The molecule has 4 nitrogen and oxygen atoms in total. The Labute approximate surface area is 90.8 Å². The van der Waals surface area contributed by atoms with Gasteiger partial charge in [-0.05, 0) is 19.3 Å². The van der Waals surface area contributed by atoms with Gasteiger partial charge in [0.2, 0.25) is 0 Å². The van der Waals surface area contributed by atoms with Crippen molar-refractivity contribution >= 4 is 0 Å². The van der Waals surface area contributed by atoms with Crippen LogP contribution in [0.5, 0.6) is 0 Å². The number of nitrogens with zero attached hydrogens (tertiary/aromatic N) is 1. The summed E-state index contributed by atoms with van der Waals surface area (Å²) < 4.78 is 5.85. The number of hydrogen-bond donors (Lipinski definition) is 2. The zero-order chi connectivity index (χ0) is 10.7. The first-order valence-corrected chi connectivity index (χ1v) is 5.89. The summed E-state index contributed by atoms with van der Waals surface area (Å²) in [5.41, 5.74) is -0.0659. The highest BCUT2D eigenvalue weighted by molar-refractivity contribution is 4.91. The Morgan fingerprint density at radius 3 is 2.67 bits per heavy atom. The van der Waals surface area contributed by atoms with E-state index in [2.05, 4.69) is 4.90 Å². The Kier molecular flexibility index (Phi) is 3.61. The Hall–Kier alpha value is -0.160. The lowest BCUT2D eigenvalue weighted by Crippen LogP contribution is -2.50. The molecular weight excluding hydrogens is 194 g/mol. The van der Waals surface area contributed by atoms with Crippen molar-refractivity contribution in [3.63, 3.8) is 0 Å². The second kappa shape index (κ2) is 4.78. The number of likely N-dealkylation sites (tertiary alicyclic amines) is 1. The maximum Gasteiger partial charge on any atom is 0.0731 e. The van der Waals surface area contributed by atoms with Gasteiger partial charge in [0.15, 0.2) is 0 Å². The van der Waals surface area contributed by atoms with Crippen LogP contribution in [0.25, 0.3) is 0 Å². The van der Waals surface area contributed by atoms with Gasteiger partial charge in [0, 0.05) is 32.7 Å². The fraction of sp³-hybridized carbons (Fsp3) is 1.00. The molecule has 4 heteroatoms. The molecule has 0 aromatic heterocycles. The van der Waals surface area contributed by atoms with Gasteiger partial charge in [-0.3, -0.25) is 0 Å². The van der Waals surface area contributed by atoms with Gasteiger partial charge in [0.05, 0.1) is 18.3 Å². The number of aliphatic hydroxyl groups is 2. The molecule has 2 rings (SSSR count). The Balaban J connectivity index is 1.85. The largest absolute Gasteiger partial charge is 0.395 e. The fourth-order valence-corrected chi connectivity index (χ4v) is 2.68. The molecule has 2 aliphatic rings. The van der Waals surface area contributed by atoms with Crippen LogP contribution in [0.4, 0.5) is 0 Å². The van der Waals surface area contributed by atoms with Gasteiger partial charge in [-0.25, -0.2) is 0 Å². The van der Waals surface area contributed by atoms with E-state index in [0.717, 1.165) is 45.3 Å². The lowest BCUT2D eigenvalue weighted by molar-refractivity contribution is -0.143. The molecule has 1 spiro atoms. The topological polar surface area (TPSA) is 52.9 Å². The SMILES string of the molecule is OCCN1CCC2(CC1)C[C@@H](O)CCO2. The molecule has 0 amide bonds. The average Bonchev–Trinajstić information content (AvgIpc) is 2.22. The summed E-state index contributed by atoms with van der Waals surface area (Å²) >= 11 is 0. The van der Waals surface area contributed by atoms with Gasteiger partial charge in [-0.15, -0.1) is 0 Å². The highest BCUT2D eigenvalue weighted by Crippen LogP contribution is 2.34. The molecule has 2 saturated heterocycles. The maximum atomic E-state index is 9.66. The molecule has 0 unspecified atom stereocenters. The zero-order valence-electron chi connectivity index (χ0n) is 9.19. The van der Waals surface area contributed by atoms with E-state index in [1.54, 1.807) is 0 Å². The predicted molar refractivity (Wildman–Crippen MR) is 56.7 cm³/mol. The fourth-order valence-electron chi connectivity index (χ4n) is 2.68. The summed E-state index contributed by atoms with van der Waals surface area (Å²) in [6.07, 6.45) is 3.37. The van der Waals surface area contributed by atoms with Gasteiger partial charge in [0.25, 0.3) is 0 Å². The zero-order valence-corrected chi connectivity index (χ0v) is 9.19. The molecule has 0 aliphatic carbocycles. The van der Waals surface area contributed by atoms with Crippen LogP contribution in [-0.2, 0) is 4.74 Å². The van der Waals surface area contributed by atoms with Gasteiger partial charge >= 0.3 is 0 Å².